The van der Waals surface area contributed by atoms with Crippen LogP contribution in [0.4, 0.5) is 0 Å². The molecule has 0 aromatic heterocycles. The van der Waals surface area contributed by atoms with Crippen molar-refractivity contribution in [3.63, 3.8) is 0 Å². The molecule has 0 aromatic carbocycles. The van der Waals surface area contributed by atoms with Gasteiger partial charge < -0.3 is 21.1 Å². The molecule has 3 heterocycles. The zero-order valence-corrected chi connectivity index (χ0v) is 23.3. The van der Waals surface area contributed by atoms with Crippen LogP contribution in [0.3, 0.4) is 0 Å². The molecule has 0 spiro atoms. The third-order valence-corrected chi connectivity index (χ3v) is 7.68. The second kappa shape index (κ2) is 15.8. The molecule has 0 aliphatic carbocycles. The van der Waals surface area contributed by atoms with E-state index in [9.17, 15) is 4.79 Å². The summed E-state index contributed by atoms with van der Waals surface area (Å²) in [5.74, 6) is 0.701. The van der Waals surface area contributed by atoms with E-state index < -0.39 is 0 Å². The molecule has 2 unspecified atom stereocenters. The van der Waals surface area contributed by atoms with Gasteiger partial charge in [-0.15, -0.1) is 0 Å². The van der Waals surface area contributed by atoms with Gasteiger partial charge in [0.2, 0.25) is 5.96 Å². The van der Waals surface area contributed by atoms with Crippen LogP contribution >= 0.6 is 0 Å². The molecule has 8 nitrogen and oxygen atoms in total. The zero-order valence-electron chi connectivity index (χ0n) is 23.3. The van der Waals surface area contributed by atoms with Crippen molar-refractivity contribution in [1.82, 2.24) is 4.90 Å². The van der Waals surface area contributed by atoms with Crippen LogP contribution in [-0.2, 0) is 9.53 Å². The van der Waals surface area contributed by atoms with E-state index in [4.69, 9.17) is 26.2 Å². The highest BCUT2D eigenvalue weighted by Crippen LogP contribution is 2.40. The molecule has 3 aliphatic heterocycles. The predicted octanol–water partition coefficient (Wildman–Crippen LogP) is 5.61. The maximum absolute atomic E-state index is 13.3. The SMILES string of the molecule is CCCCCCCCCC1CC2CCC3=C(C(=O)OCCCCN=C(N)N)C(CCCCC)=NC(=N1)N32. The number of aliphatic imine (C=N–C) groups is 3. The van der Waals surface area contributed by atoms with Crippen molar-refractivity contribution in [2.75, 3.05) is 13.2 Å². The summed E-state index contributed by atoms with van der Waals surface area (Å²) >= 11 is 0. The second-order valence-electron chi connectivity index (χ2n) is 10.8. The minimum absolute atomic E-state index is 0.0959. The highest BCUT2D eigenvalue weighted by Gasteiger charge is 2.43. The lowest BCUT2D eigenvalue weighted by molar-refractivity contribution is -0.138. The Morgan fingerprint density at radius 1 is 1.00 bits per heavy atom. The molecule has 3 aliphatic rings. The normalized spacial score (nSPS) is 20.4. The smallest absolute Gasteiger partial charge is 0.341 e. The Morgan fingerprint density at radius 3 is 2.49 bits per heavy atom. The van der Waals surface area contributed by atoms with Crippen LogP contribution in [0.2, 0.25) is 0 Å². The van der Waals surface area contributed by atoms with Gasteiger partial charge in [0.1, 0.15) is 5.57 Å². The van der Waals surface area contributed by atoms with Crippen molar-refractivity contribution >= 4 is 23.6 Å². The van der Waals surface area contributed by atoms with Gasteiger partial charge in [-0.2, -0.15) is 0 Å². The van der Waals surface area contributed by atoms with Crippen molar-refractivity contribution in [3.8, 4) is 0 Å². The largest absolute Gasteiger partial charge is 0.462 e. The fourth-order valence-electron chi connectivity index (χ4n) is 5.68. The molecule has 0 radical (unpaired) electrons. The molecule has 37 heavy (non-hydrogen) atoms. The molecule has 0 aromatic rings. The fraction of sp³-hybridized carbons (Fsp3) is 0.793. The minimum atomic E-state index is -0.239. The van der Waals surface area contributed by atoms with Crippen LogP contribution in [0.25, 0.3) is 0 Å². The molecule has 0 bridgehead atoms. The molecule has 2 atom stereocenters. The first-order valence-corrected chi connectivity index (χ1v) is 15.0. The van der Waals surface area contributed by atoms with Gasteiger partial charge >= 0.3 is 5.97 Å². The Kier molecular flexibility index (Phi) is 12.4. The molecule has 0 saturated carbocycles. The van der Waals surface area contributed by atoms with E-state index in [1.807, 2.05) is 0 Å². The average molecular weight is 515 g/mol. The number of rotatable bonds is 18. The molecule has 3 rings (SSSR count). The summed E-state index contributed by atoms with van der Waals surface area (Å²) in [6.45, 7) is 5.38. The maximum Gasteiger partial charge on any atom is 0.341 e. The van der Waals surface area contributed by atoms with Crippen LogP contribution in [0.15, 0.2) is 26.2 Å². The van der Waals surface area contributed by atoms with Gasteiger partial charge in [0.25, 0.3) is 0 Å². The van der Waals surface area contributed by atoms with Crippen LogP contribution in [0, 0.1) is 0 Å². The van der Waals surface area contributed by atoms with E-state index in [1.165, 1.54) is 44.9 Å². The second-order valence-corrected chi connectivity index (χ2v) is 10.8. The molecule has 1 fully saturated rings. The number of hydrogen-bond donors (Lipinski definition) is 2. The lowest BCUT2D eigenvalue weighted by Gasteiger charge is -2.37. The van der Waals surface area contributed by atoms with Crippen LogP contribution in [0.1, 0.15) is 123 Å². The number of carbonyl (C=O) groups is 1. The number of nitrogens with two attached hydrogens (primary N) is 2. The van der Waals surface area contributed by atoms with Crippen molar-refractivity contribution in [2.45, 2.75) is 135 Å². The third kappa shape index (κ3) is 8.85. The van der Waals surface area contributed by atoms with E-state index in [-0.39, 0.29) is 11.9 Å². The molecule has 0 amide bonds. The van der Waals surface area contributed by atoms with Crippen molar-refractivity contribution in [1.29, 1.82) is 0 Å². The highest BCUT2D eigenvalue weighted by molar-refractivity contribution is 6.24. The number of ether oxygens (including phenoxy) is 1. The number of hydrogen-bond acceptors (Lipinski definition) is 6. The van der Waals surface area contributed by atoms with Gasteiger partial charge in [0, 0.05) is 18.3 Å². The third-order valence-electron chi connectivity index (χ3n) is 7.68. The summed E-state index contributed by atoms with van der Waals surface area (Å²) in [6, 6.07) is 0.756. The van der Waals surface area contributed by atoms with Gasteiger partial charge in [-0.05, 0) is 51.4 Å². The zero-order chi connectivity index (χ0) is 26.5. The fourth-order valence-corrected chi connectivity index (χ4v) is 5.68. The molecular weight excluding hydrogens is 464 g/mol. The average Bonchev–Trinajstić information content (AvgIpc) is 3.30. The predicted molar refractivity (Wildman–Crippen MR) is 153 cm³/mol. The van der Waals surface area contributed by atoms with E-state index in [0.29, 0.717) is 30.8 Å². The van der Waals surface area contributed by atoms with Gasteiger partial charge in [-0.25, -0.2) is 14.8 Å². The Labute approximate surface area is 224 Å². The number of unbranched alkanes of at least 4 members (excludes halogenated alkanes) is 9. The van der Waals surface area contributed by atoms with E-state index in [2.05, 4.69) is 23.7 Å². The van der Waals surface area contributed by atoms with Gasteiger partial charge in [0.15, 0.2) is 5.96 Å². The van der Waals surface area contributed by atoms with Crippen LogP contribution in [-0.4, -0.2) is 53.7 Å². The van der Waals surface area contributed by atoms with Gasteiger partial charge in [0.05, 0.1) is 18.4 Å². The minimum Gasteiger partial charge on any atom is -0.462 e. The quantitative estimate of drug-likeness (QED) is 0.107. The number of carbonyl (C=O) groups excluding carboxylic acids is 1. The summed E-state index contributed by atoms with van der Waals surface area (Å²) in [5.41, 5.74) is 13.4. The van der Waals surface area contributed by atoms with Crippen molar-refractivity contribution in [2.24, 2.45) is 26.4 Å². The molecule has 208 valence electrons. The molecule has 4 N–H and O–H groups in total. The number of nitrogens with zero attached hydrogens (tertiary/aromatic N) is 4. The summed E-state index contributed by atoms with van der Waals surface area (Å²) in [7, 11) is 0. The number of guanidine groups is 2. The lowest BCUT2D eigenvalue weighted by Crippen LogP contribution is -2.44. The summed E-state index contributed by atoms with van der Waals surface area (Å²) in [6.07, 6.45) is 19.0. The monoisotopic (exact) mass is 514 g/mol. The Balaban J connectivity index is 1.63. The molecule has 1 saturated heterocycles. The van der Waals surface area contributed by atoms with Crippen LogP contribution in [0.5, 0.6) is 0 Å². The first-order chi connectivity index (χ1) is 18.0. The molecular formula is C29H50N6O2. The van der Waals surface area contributed by atoms with Crippen molar-refractivity contribution in [3.05, 3.63) is 11.3 Å². The Hall–Kier alpha value is -2.38. The van der Waals surface area contributed by atoms with Gasteiger partial charge in [-0.3, -0.25) is 4.99 Å². The Morgan fingerprint density at radius 2 is 1.73 bits per heavy atom. The van der Waals surface area contributed by atoms with Crippen LogP contribution < -0.4 is 11.5 Å². The number of allylic oxidation sites excluding steroid dienone is 1. The topological polar surface area (TPSA) is 119 Å². The summed E-state index contributed by atoms with van der Waals surface area (Å²) < 4.78 is 5.72. The van der Waals surface area contributed by atoms with E-state index in [0.717, 1.165) is 81.6 Å². The molecule has 8 heteroatoms. The number of esters is 1. The van der Waals surface area contributed by atoms with Crippen molar-refractivity contribution < 1.29 is 9.53 Å². The standard InChI is InChI=1S/C29H50N6O2/c1-3-5-7-8-9-10-12-15-22-21-23-17-18-25-26(27(36)37-20-14-13-19-32-28(30)31)24(16-11-6-4-2)34-29(33-22)35(23)25/h22-23H,3-21H2,1-2H3,(H4,30,31,32). The van der Waals surface area contributed by atoms with E-state index in [1.54, 1.807) is 0 Å². The summed E-state index contributed by atoms with van der Waals surface area (Å²) in [5, 5.41) is 0. The first kappa shape index (κ1) is 29.2. The first-order valence-electron chi connectivity index (χ1n) is 15.0. The van der Waals surface area contributed by atoms with Gasteiger partial charge in [-0.1, -0.05) is 71.6 Å². The lowest BCUT2D eigenvalue weighted by atomic mass is 9.97. The highest BCUT2D eigenvalue weighted by atomic mass is 16.5. The maximum atomic E-state index is 13.3. The Bertz CT molecular complexity index is 858. The van der Waals surface area contributed by atoms with E-state index >= 15 is 0 Å². The summed E-state index contributed by atoms with van der Waals surface area (Å²) in [4.78, 5) is 29.7.